The molecule has 0 radical (unpaired) electrons. The van der Waals surface area contributed by atoms with Gasteiger partial charge in [-0.05, 0) is 30.7 Å². The van der Waals surface area contributed by atoms with Gasteiger partial charge < -0.3 is 0 Å². The van der Waals surface area contributed by atoms with E-state index in [1.165, 1.54) is 0 Å². The fraction of sp³-hybridized carbons (Fsp3) is 0.333. The number of nitrogens with zero attached hydrogens (tertiary/aromatic N) is 1. The van der Waals surface area contributed by atoms with Gasteiger partial charge in [0.2, 0.25) is 0 Å². The highest BCUT2D eigenvalue weighted by Crippen LogP contribution is 2.29. The Morgan fingerprint density at radius 2 is 2.12 bits per heavy atom. The first kappa shape index (κ1) is 13.4. The van der Waals surface area contributed by atoms with E-state index >= 15 is 0 Å². The average Bonchev–Trinajstić information content (AvgIpc) is 2.26. The lowest BCUT2D eigenvalue weighted by atomic mass is 9.92. The molecule has 2 nitrogen and oxygen atoms in total. The Morgan fingerprint density at radius 3 is 2.62 bits per heavy atom. The first-order valence-corrected chi connectivity index (χ1v) is 6.52. The number of benzene rings is 1. The van der Waals surface area contributed by atoms with Gasteiger partial charge in [0.15, 0.2) is 0 Å². The van der Waals surface area contributed by atoms with Crippen LogP contribution in [-0.4, -0.2) is 10.6 Å². The van der Waals surface area contributed by atoms with Crippen LogP contribution in [0.15, 0.2) is 22.7 Å². The quantitative estimate of drug-likeness (QED) is 0.783. The molecule has 84 valence electrons. The van der Waals surface area contributed by atoms with E-state index in [1.807, 2.05) is 19.1 Å². The Hall–Kier alpha value is -0.660. The number of rotatable bonds is 3. The second-order valence-electron chi connectivity index (χ2n) is 3.64. The van der Waals surface area contributed by atoms with Crippen molar-refractivity contribution in [3.05, 3.63) is 33.8 Å². The van der Waals surface area contributed by atoms with E-state index < -0.39 is 0 Å². The summed E-state index contributed by atoms with van der Waals surface area (Å²) in [7, 11) is 0. The van der Waals surface area contributed by atoms with Crippen molar-refractivity contribution >= 4 is 37.6 Å². The maximum atomic E-state index is 11.3. The van der Waals surface area contributed by atoms with Crippen LogP contribution in [-0.2, 0) is 4.79 Å². The first-order chi connectivity index (χ1) is 7.47. The Morgan fingerprint density at radius 1 is 1.50 bits per heavy atom. The summed E-state index contributed by atoms with van der Waals surface area (Å²) in [6, 6.07) is 7.62. The molecule has 1 aromatic rings. The summed E-state index contributed by atoms with van der Waals surface area (Å²) in [5.41, 5.74) is 1.50. The lowest BCUT2D eigenvalue weighted by molar-refractivity contribution is -0.116. The number of alkyl halides is 1. The molecule has 0 N–H and O–H groups in total. The smallest absolute Gasteiger partial charge is 0.144 e. The Kier molecular flexibility index (Phi) is 4.69. The van der Waals surface area contributed by atoms with Crippen molar-refractivity contribution in [1.82, 2.24) is 0 Å². The number of nitriles is 1. The normalized spacial score (nSPS) is 13.9. The number of hydrogen-bond donors (Lipinski definition) is 0. The summed E-state index contributed by atoms with van der Waals surface area (Å²) in [4.78, 5) is 11.0. The van der Waals surface area contributed by atoms with E-state index in [-0.39, 0.29) is 16.5 Å². The van der Waals surface area contributed by atoms with E-state index in [9.17, 15) is 4.79 Å². The van der Waals surface area contributed by atoms with Crippen LogP contribution in [0.4, 0.5) is 0 Å². The fourth-order valence-electron chi connectivity index (χ4n) is 1.52. The highest BCUT2D eigenvalue weighted by atomic mass is 79.9. The standard InChI is InChI=1S/C12H11Br2NO/c1-7(12(14)8(2)16)11-5-10(13)4-3-9(11)6-15/h3-5,7,12H,1-2H3. The third kappa shape index (κ3) is 2.93. The highest BCUT2D eigenvalue weighted by Gasteiger charge is 2.22. The molecule has 0 saturated carbocycles. The molecule has 0 aliphatic carbocycles. The van der Waals surface area contributed by atoms with Crippen molar-refractivity contribution in [2.75, 3.05) is 0 Å². The maximum Gasteiger partial charge on any atom is 0.144 e. The fourth-order valence-corrected chi connectivity index (χ4v) is 2.19. The van der Waals surface area contributed by atoms with Crippen LogP contribution in [0.2, 0.25) is 0 Å². The van der Waals surface area contributed by atoms with Crippen molar-refractivity contribution < 1.29 is 4.79 Å². The molecule has 0 heterocycles. The molecule has 1 rings (SSSR count). The summed E-state index contributed by atoms with van der Waals surface area (Å²) in [5.74, 6) is 0.0426. The summed E-state index contributed by atoms with van der Waals surface area (Å²) in [5, 5.41) is 9.01. The summed E-state index contributed by atoms with van der Waals surface area (Å²) < 4.78 is 0.914. The third-order valence-corrected chi connectivity index (χ3v) is 4.38. The third-order valence-electron chi connectivity index (χ3n) is 2.45. The Balaban J connectivity index is 3.17. The molecule has 4 heteroatoms. The van der Waals surface area contributed by atoms with Gasteiger partial charge in [-0.3, -0.25) is 4.79 Å². The molecule has 0 saturated heterocycles. The number of Topliss-reactive ketones (excluding diaryl/α,β-unsaturated/α-hetero) is 1. The van der Waals surface area contributed by atoms with Crippen LogP contribution in [0, 0.1) is 11.3 Å². The minimum absolute atomic E-state index is 0.0235. The van der Waals surface area contributed by atoms with E-state index in [0.29, 0.717) is 5.56 Å². The number of ketones is 1. The van der Waals surface area contributed by atoms with Crippen molar-refractivity contribution in [3.8, 4) is 6.07 Å². The van der Waals surface area contributed by atoms with Crippen molar-refractivity contribution in [3.63, 3.8) is 0 Å². The topological polar surface area (TPSA) is 40.9 Å². The van der Waals surface area contributed by atoms with Crippen LogP contribution in [0.1, 0.15) is 30.9 Å². The van der Waals surface area contributed by atoms with E-state index in [2.05, 4.69) is 37.9 Å². The zero-order valence-electron chi connectivity index (χ0n) is 9.00. The van der Waals surface area contributed by atoms with Gasteiger partial charge >= 0.3 is 0 Å². The minimum Gasteiger partial charge on any atom is -0.299 e. The molecule has 0 aliphatic heterocycles. The number of carbonyl (C=O) groups is 1. The SMILES string of the molecule is CC(=O)C(Br)C(C)c1cc(Br)ccc1C#N. The molecule has 0 bridgehead atoms. The van der Waals surface area contributed by atoms with E-state index in [4.69, 9.17) is 5.26 Å². The zero-order chi connectivity index (χ0) is 12.3. The van der Waals surface area contributed by atoms with Gasteiger partial charge in [0.25, 0.3) is 0 Å². The summed E-state index contributed by atoms with van der Waals surface area (Å²) in [6.07, 6.45) is 0. The van der Waals surface area contributed by atoms with Gasteiger partial charge in [-0.1, -0.05) is 38.8 Å². The maximum absolute atomic E-state index is 11.3. The van der Waals surface area contributed by atoms with Crippen molar-refractivity contribution in [2.24, 2.45) is 0 Å². The average molecular weight is 345 g/mol. The molecular weight excluding hydrogens is 334 g/mol. The predicted molar refractivity (Wildman–Crippen MR) is 70.7 cm³/mol. The van der Waals surface area contributed by atoms with Crippen molar-refractivity contribution in [2.45, 2.75) is 24.6 Å². The second kappa shape index (κ2) is 5.60. The molecular formula is C12H11Br2NO. The van der Waals surface area contributed by atoms with Gasteiger partial charge in [-0.2, -0.15) is 5.26 Å². The summed E-state index contributed by atoms with van der Waals surface area (Å²) in [6.45, 7) is 3.48. The van der Waals surface area contributed by atoms with Crippen LogP contribution < -0.4 is 0 Å². The van der Waals surface area contributed by atoms with Crippen molar-refractivity contribution in [1.29, 1.82) is 5.26 Å². The molecule has 2 atom stereocenters. The minimum atomic E-state index is -0.256. The lowest BCUT2D eigenvalue weighted by Gasteiger charge is -2.17. The van der Waals surface area contributed by atoms with Crippen LogP contribution in [0.25, 0.3) is 0 Å². The van der Waals surface area contributed by atoms with Gasteiger partial charge in [0, 0.05) is 10.4 Å². The van der Waals surface area contributed by atoms with E-state index in [0.717, 1.165) is 10.0 Å². The molecule has 0 fully saturated rings. The highest BCUT2D eigenvalue weighted by molar-refractivity contribution is 9.10. The van der Waals surface area contributed by atoms with Crippen LogP contribution in [0.3, 0.4) is 0 Å². The molecule has 0 spiro atoms. The Labute approximate surface area is 112 Å². The summed E-state index contributed by atoms with van der Waals surface area (Å²) >= 11 is 6.73. The first-order valence-electron chi connectivity index (χ1n) is 4.81. The van der Waals surface area contributed by atoms with Gasteiger partial charge in [-0.15, -0.1) is 0 Å². The molecule has 1 aromatic carbocycles. The molecule has 0 aliphatic rings. The molecule has 0 amide bonds. The number of halogens is 2. The lowest BCUT2D eigenvalue weighted by Crippen LogP contribution is -2.18. The van der Waals surface area contributed by atoms with Gasteiger partial charge in [0.1, 0.15) is 5.78 Å². The van der Waals surface area contributed by atoms with Gasteiger partial charge in [0.05, 0.1) is 16.5 Å². The predicted octanol–water partition coefficient (Wildman–Crippen LogP) is 3.78. The zero-order valence-corrected chi connectivity index (χ0v) is 12.2. The number of carbonyl (C=O) groups excluding carboxylic acids is 1. The molecule has 16 heavy (non-hydrogen) atoms. The molecule has 0 aromatic heterocycles. The number of hydrogen-bond acceptors (Lipinski definition) is 2. The molecule has 2 unspecified atom stereocenters. The largest absolute Gasteiger partial charge is 0.299 e. The van der Waals surface area contributed by atoms with Crippen LogP contribution in [0.5, 0.6) is 0 Å². The van der Waals surface area contributed by atoms with Gasteiger partial charge in [-0.25, -0.2) is 0 Å². The monoisotopic (exact) mass is 343 g/mol. The second-order valence-corrected chi connectivity index (χ2v) is 5.55. The van der Waals surface area contributed by atoms with Crippen LogP contribution >= 0.6 is 31.9 Å². The van der Waals surface area contributed by atoms with E-state index in [1.54, 1.807) is 13.0 Å². The Bertz CT molecular complexity index is 451.